The first-order valence-electron chi connectivity index (χ1n) is 8.88. The van der Waals surface area contributed by atoms with Gasteiger partial charge in [-0.3, -0.25) is 0 Å². The molecule has 0 N–H and O–H groups in total. The average Bonchev–Trinajstić information content (AvgIpc) is 3.17. The van der Waals surface area contributed by atoms with E-state index in [-0.39, 0.29) is 0 Å². The number of hydrogen-bond donors (Lipinski definition) is 0. The van der Waals surface area contributed by atoms with Gasteiger partial charge in [0.1, 0.15) is 0 Å². The summed E-state index contributed by atoms with van der Waals surface area (Å²) in [6.45, 7) is 7.74. The summed E-state index contributed by atoms with van der Waals surface area (Å²) >= 11 is 4.60. The van der Waals surface area contributed by atoms with E-state index in [1.807, 2.05) is 0 Å². The number of rotatable bonds is 1. The Balaban J connectivity index is 1.46. The van der Waals surface area contributed by atoms with Crippen molar-refractivity contribution in [1.82, 2.24) is 0 Å². The molecule has 5 fully saturated rings. The molecule has 0 aromatic rings. The zero-order chi connectivity index (χ0) is 13.6. The van der Waals surface area contributed by atoms with E-state index in [1.54, 1.807) is 19.3 Å². The first-order chi connectivity index (χ1) is 9.60. The zero-order valence-corrected chi connectivity index (χ0v) is 14.7. The van der Waals surface area contributed by atoms with Gasteiger partial charge in [0.25, 0.3) is 0 Å². The van der Waals surface area contributed by atoms with Gasteiger partial charge in [-0.2, -0.15) is 0 Å². The second-order valence-electron chi connectivity index (χ2n) is 8.65. The summed E-state index contributed by atoms with van der Waals surface area (Å²) in [6.07, 6.45) is 4.81. The molecule has 0 nitrogen and oxygen atoms in total. The second kappa shape index (κ2) is 4.16. The fourth-order valence-corrected chi connectivity index (χ4v) is 10.9. The smallest absolute Gasteiger partial charge is 0.0614 e. The number of hydrogen-bond acceptors (Lipinski definition) is 2. The van der Waals surface area contributed by atoms with Crippen molar-refractivity contribution in [3.05, 3.63) is 0 Å². The topological polar surface area (TPSA) is 0 Å². The summed E-state index contributed by atoms with van der Waals surface area (Å²) in [5, 5.41) is 0. The van der Waals surface area contributed by atoms with Crippen molar-refractivity contribution in [3.8, 4) is 0 Å². The normalized spacial score (nSPS) is 62.2. The molecule has 5 aliphatic rings. The maximum atomic E-state index is 2.59. The van der Waals surface area contributed by atoms with Gasteiger partial charge in [0.05, 0.1) is 4.08 Å². The summed E-state index contributed by atoms with van der Waals surface area (Å²) in [5.74, 6) is 12.7. The molecular weight excluding hydrogens is 280 g/mol. The van der Waals surface area contributed by atoms with Crippen LogP contribution in [0.5, 0.6) is 0 Å². The molecule has 9 unspecified atom stereocenters. The van der Waals surface area contributed by atoms with E-state index in [1.165, 1.54) is 11.5 Å². The minimum atomic E-state index is 0.584. The van der Waals surface area contributed by atoms with Gasteiger partial charge in [0, 0.05) is 11.5 Å². The Hall–Kier alpha value is 0.700. The molecule has 1 saturated heterocycles. The van der Waals surface area contributed by atoms with Crippen LogP contribution in [0.3, 0.4) is 0 Å². The lowest BCUT2D eigenvalue weighted by Crippen LogP contribution is -2.42. The third-order valence-corrected chi connectivity index (χ3v) is 11.9. The Kier molecular flexibility index (Phi) is 2.74. The molecule has 0 amide bonds. The van der Waals surface area contributed by atoms with Crippen LogP contribution >= 0.6 is 23.5 Å². The molecule has 0 aromatic carbocycles. The van der Waals surface area contributed by atoms with Gasteiger partial charge < -0.3 is 0 Å². The van der Waals surface area contributed by atoms with Crippen molar-refractivity contribution < 1.29 is 0 Å². The molecule has 112 valence electrons. The maximum Gasteiger partial charge on any atom is 0.0614 e. The molecular formula is C18H28S2. The zero-order valence-electron chi connectivity index (χ0n) is 13.0. The van der Waals surface area contributed by atoms with E-state index in [9.17, 15) is 0 Å². The van der Waals surface area contributed by atoms with Crippen molar-refractivity contribution in [3.63, 3.8) is 0 Å². The van der Waals surface area contributed by atoms with E-state index in [0.29, 0.717) is 4.08 Å². The molecule has 4 saturated carbocycles. The van der Waals surface area contributed by atoms with E-state index in [0.717, 1.165) is 53.3 Å². The van der Waals surface area contributed by atoms with E-state index < -0.39 is 0 Å². The summed E-state index contributed by atoms with van der Waals surface area (Å²) in [4.78, 5) is 0. The Morgan fingerprint density at radius 1 is 0.800 bits per heavy atom. The van der Waals surface area contributed by atoms with Crippen molar-refractivity contribution in [2.45, 2.75) is 44.1 Å². The minimum Gasteiger partial charge on any atom is -0.143 e. The highest BCUT2D eigenvalue weighted by Gasteiger charge is 2.67. The first-order valence-corrected chi connectivity index (χ1v) is 10.8. The van der Waals surface area contributed by atoms with Crippen LogP contribution in [0.25, 0.3) is 0 Å². The lowest BCUT2D eigenvalue weighted by atomic mass is 9.62. The summed E-state index contributed by atoms with van der Waals surface area (Å²) in [5.41, 5.74) is 0. The molecule has 9 atom stereocenters. The molecule has 4 aliphatic carbocycles. The highest BCUT2D eigenvalue weighted by atomic mass is 32.2. The lowest BCUT2D eigenvalue weighted by molar-refractivity contribution is 0.0448. The molecule has 4 bridgehead atoms. The fraction of sp³-hybridized carbons (Fsp3) is 1.00. The van der Waals surface area contributed by atoms with Crippen LogP contribution in [0.2, 0.25) is 0 Å². The second-order valence-corrected chi connectivity index (χ2v) is 12.0. The molecule has 0 aromatic heterocycles. The predicted molar refractivity (Wildman–Crippen MR) is 89.9 cm³/mol. The van der Waals surface area contributed by atoms with Crippen LogP contribution < -0.4 is 0 Å². The van der Waals surface area contributed by atoms with Crippen LogP contribution in [0.15, 0.2) is 0 Å². The highest BCUT2D eigenvalue weighted by molar-refractivity contribution is 8.21. The molecule has 1 aliphatic heterocycles. The number of fused-ring (bicyclic) bond motifs is 9. The van der Waals surface area contributed by atoms with Crippen LogP contribution in [-0.2, 0) is 0 Å². The van der Waals surface area contributed by atoms with Gasteiger partial charge >= 0.3 is 0 Å². The third kappa shape index (κ3) is 1.44. The van der Waals surface area contributed by atoms with Crippen molar-refractivity contribution in [2.24, 2.45) is 53.3 Å². The van der Waals surface area contributed by atoms with Gasteiger partial charge in [0.15, 0.2) is 0 Å². The summed E-state index contributed by atoms with van der Waals surface area (Å²) in [6, 6.07) is 0. The largest absolute Gasteiger partial charge is 0.143 e. The fourth-order valence-electron chi connectivity index (χ4n) is 7.57. The molecule has 0 spiro atoms. The monoisotopic (exact) mass is 308 g/mol. The molecule has 0 radical (unpaired) electrons. The van der Waals surface area contributed by atoms with E-state index >= 15 is 0 Å². The van der Waals surface area contributed by atoms with Crippen molar-refractivity contribution in [1.29, 1.82) is 0 Å². The molecule has 1 heterocycles. The standard InChI is InChI=1S/C18H28S2/c1-9-10(2)13-8-12(9)16-11-6-14(17(13)16)15(7-11)18(3)19-4-5-20-18/h9-17H,4-8H2,1-3H3. The quantitative estimate of drug-likeness (QED) is 0.626. The Bertz CT molecular complexity index is 427. The van der Waals surface area contributed by atoms with Crippen molar-refractivity contribution >= 4 is 23.5 Å². The Morgan fingerprint density at radius 3 is 2.15 bits per heavy atom. The third-order valence-electron chi connectivity index (χ3n) is 8.38. The molecule has 2 heteroatoms. The molecule has 5 rings (SSSR count). The summed E-state index contributed by atoms with van der Waals surface area (Å²) < 4.78 is 0.584. The van der Waals surface area contributed by atoms with Gasteiger partial charge in [0.2, 0.25) is 0 Å². The Labute approximate surface area is 132 Å². The van der Waals surface area contributed by atoms with E-state index in [4.69, 9.17) is 0 Å². The highest BCUT2D eigenvalue weighted by Crippen LogP contribution is 2.74. The van der Waals surface area contributed by atoms with Crippen LogP contribution in [0.1, 0.15) is 40.0 Å². The molecule has 20 heavy (non-hydrogen) atoms. The lowest BCUT2D eigenvalue weighted by Gasteiger charge is -2.47. The van der Waals surface area contributed by atoms with Crippen LogP contribution in [0.4, 0.5) is 0 Å². The van der Waals surface area contributed by atoms with Gasteiger partial charge in [-0.15, -0.1) is 23.5 Å². The van der Waals surface area contributed by atoms with Gasteiger partial charge in [-0.05, 0) is 79.4 Å². The summed E-state index contributed by atoms with van der Waals surface area (Å²) in [7, 11) is 0. The van der Waals surface area contributed by atoms with Gasteiger partial charge in [-0.1, -0.05) is 13.8 Å². The van der Waals surface area contributed by atoms with Crippen LogP contribution in [-0.4, -0.2) is 15.6 Å². The first kappa shape index (κ1) is 13.2. The van der Waals surface area contributed by atoms with Gasteiger partial charge in [-0.25, -0.2) is 0 Å². The van der Waals surface area contributed by atoms with Crippen LogP contribution in [0, 0.1) is 53.3 Å². The van der Waals surface area contributed by atoms with E-state index in [2.05, 4.69) is 44.3 Å². The maximum absolute atomic E-state index is 2.59. The minimum absolute atomic E-state index is 0.584. The average molecular weight is 309 g/mol. The van der Waals surface area contributed by atoms with Crippen molar-refractivity contribution in [2.75, 3.05) is 11.5 Å². The Morgan fingerprint density at radius 2 is 1.45 bits per heavy atom. The SMILES string of the molecule is CC1C(C)C2CC1C1C3CC(C21)C(C1(C)SCCS1)C3. The number of thioether (sulfide) groups is 2. The predicted octanol–water partition coefficient (Wildman–Crippen LogP) is 4.99.